The van der Waals surface area contributed by atoms with E-state index in [9.17, 15) is 4.79 Å². The van der Waals surface area contributed by atoms with Crippen LogP contribution in [-0.4, -0.2) is 43.2 Å². The molecule has 0 aromatic heterocycles. The Morgan fingerprint density at radius 2 is 1.96 bits per heavy atom. The quantitative estimate of drug-likeness (QED) is 0.776. The minimum absolute atomic E-state index is 0. The van der Waals surface area contributed by atoms with Gasteiger partial charge in [-0.3, -0.25) is 4.79 Å². The maximum Gasteiger partial charge on any atom is 0.223 e. The number of rotatable bonds is 7. The summed E-state index contributed by atoms with van der Waals surface area (Å²) >= 11 is 0. The molecule has 1 aromatic rings. The average molecular weight is 341 g/mol. The fraction of sp³-hybridized carbons (Fsp3) is 0.611. The molecule has 1 fully saturated rings. The van der Waals surface area contributed by atoms with Crippen molar-refractivity contribution in [1.29, 1.82) is 0 Å². The molecule has 1 amide bonds. The van der Waals surface area contributed by atoms with Crippen LogP contribution in [0.5, 0.6) is 0 Å². The van der Waals surface area contributed by atoms with E-state index in [-0.39, 0.29) is 24.2 Å². The van der Waals surface area contributed by atoms with Crippen molar-refractivity contribution in [2.75, 3.05) is 26.2 Å². The fourth-order valence-corrected chi connectivity index (χ4v) is 2.90. The number of benzene rings is 1. The highest BCUT2D eigenvalue weighted by Gasteiger charge is 2.24. The molecule has 23 heavy (non-hydrogen) atoms. The Morgan fingerprint density at radius 3 is 2.57 bits per heavy atom. The molecule has 1 heterocycles. The van der Waals surface area contributed by atoms with E-state index in [4.69, 9.17) is 10.5 Å². The van der Waals surface area contributed by atoms with Gasteiger partial charge in [-0.25, -0.2) is 0 Å². The molecule has 1 atom stereocenters. The predicted molar refractivity (Wildman–Crippen MR) is 95.9 cm³/mol. The second-order valence-electron chi connectivity index (χ2n) is 6.11. The number of nitrogens with two attached hydrogens (primary N) is 1. The number of piperidine rings is 1. The zero-order valence-electron chi connectivity index (χ0n) is 13.9. The van der Waals surface area contributed by atoms with Crippen molar-refractivity contribution in [2.24, 2.45) is 5.73 Å². The first-order valence-corrected chi connectivity index (χ1v) is 8.35. The third kappa shape index (κ3) is 6.50. The van der Waals surface area contributed by atoms with E-state index < -0.39 is 0 Å². The lowest BCUT2D eigenvalue weighted by Gasteiger charge is -2.32. The van der Waals surface area contributed by atoms with Crippen LogP contribution < -0.4 is 5.73 Å². The standard InChI is InChI=1S/C18H28N2O2.ClH/c1-15(16-6-3-2-4-7-16)14-18(21)20-11-8-17(9-12-20)22-13-5-10-19;/h2-4,6-7,15,17H,5,8-14,19H2,1H3;1H. The van der Waals surface area contributed by atoms with Crippen molar-refractivity contribution in [3.63, 3.8) is 0 Å². The number of ether oxygens (including phenoxy) is 1. The summed E-state index contributed by atoms with van der Waals surface area (Å²) in [5.74, 6) is 0.531. The van der Waals surface area contributed by atoms with Gasteiger partial charge in [0.15, 0.2) is 0 Å². The van der Waals surface area contributed by atoms with Crippen molar-refractivity contribution in [1.82, 2.24) is 4.90 Å². The first kappa shape index (κ1) is 19.9. The topological polar surface area (TPSA) is 55.6 Å². The summed E-state index contributed by atoms with van der Waals surface area (Å²) in [5, 5.41) is 0. The number of likely N-dealkylation sites (tertiary alicyclic amines) is 1. The van der Waals surface area contributed by atoms with Gasteiger partial charge in [-0.2, -0.15) is 0 Å². The first-order chi connectivity index (χ1) is 10.7. The van der Waals surface area contributed by atoms with Crippen LogP contribution in [0, 0.1) is 0 Å². The highest BCUT2D eigenvalue weighted by Crippen LogP contribution is 2.21. The number of hydrogen-bond acceptors (Lipinski definition) is 3. The smallest absolute Gasteiger partial charge is 0.223 e. The van der Waals surface area contributed by atoms with Crippen LogP contribution in [0.1, 0.15) is 44.1 Å². The molecule has 0 aliphatic carbocycles. The Labute approximate surface area is 145 Å². The maximum absolute atomic E-state index is 12.4. The minimum atomic E-state index is 0. The van der Waals surface area contributed by atoms with Crippen LogP contribution in [0.25, 0.3) is 0 Å². The number of nitrogens with zero attached hydrogens (tertiary/aromatic N) is 1. The lowest BCUT2D eigenvalue weighted by molar-refractivity contribution is -0.134. The summed E-state index contributed by atoms with van der Waals surface area (Å²) < 4.78 is 5.78. The molecular weight excluding hydrogens is 312 g/mol. The Morgan fingerprint density at radius 1 is 1.30 bits per heavy atom. The number of hydrogen-bond donors (Lipinski definition) is 1. The van der Waals surface area contributed by atoms with Gasteiger partial charge >= 0.3 is 0 Å². The summed E-state index contributed by atoms with van der Waals surface area (Å²) in [7, 11) is 0. The van der Waals surface area contributed by atoms with E-state index in [1.54, 1.807) is 0 Å². The second kappa shape index (κ2) is 10.6. The van der Waals surface area contributed by atoms with Gasteiger partial charge in [0.05, 0.1) is 6.10 Å². The highest BCUT2D eigenvalue weighted by atomic mass is 35.5. The zero-order valence-corrected chi connectivity index (χ0v) is 14.8. The van der Waals surface area contributed by atoms with Gasteiger partial charge in [0.2, 0.25) is 5.91 Å². The summed E-state index contributed by atoms with van der Waals surface area (Å²) in [5.41, 5.74) is 6.70. The number of amides is 1. The summed E-state index contributed by atoms with van der Waals surface area (Å²) in [6.45, 7) is 5.16. The largest absolute Gasteiger partial charge is 0.378 e. The monoisotopic (exact) mass is 340 g/mol. The summed E-state index contributed by atoms with van der Waals surface area (Å²) in [6.07, 6.45) is 3.67. The van der Waals surface area contributed by atoms with E-state index in [1.165, 1.54) is 5.56 Å². The molecule has 1 aromatic carbocycles. The highest BCUT2D eigenvalue weighted by molar-refractivity contribution is 5.85. The minimum Gasteiger partial charge on any atom is -0.378 e. The van der Waals surface area contributed by atoms with Gasteiger partial charge in [0.1, 0.15) is 0 Å². The van der Waals surface area contributed by atoms with E-state index in [2.05, 4.69) is 19.1 Å². The molecule has 0 radical (unpaired) electrons. The third-order valence-electron chi connectivity index (χ3n) is 4.35. The molecule has 4 nitrogen and oxygen atoms in total. The summed E-state index contributed by atoms with van der Waals surface area (Å²) in [6, 6.07) is 10.2. The van der Waals surface area contributed by atoms with Crippen molar-refractivity contribution >= 4 is 18.3 Å². The Kier molecular flexibility index (Phi) is 9.22. The summed E-state index contributed by atoms with van der Waals surface area (Å²) in [4.78, 5) is 14.4. The van der Waals surface area contributed by atoms with Crippen LogP contribution in [0.3, 0.4) is 0 Å². The second-order valence-corrected chi connectivity index (χ2v) is 6.11. The molecule has 130 valence electrons. The van der Waals surface area contributed by atoms with Crippen molar-refractivity contribution in [3.8, 4) is 0 Å². The van der Waals surface area contributed by atoms with Gasteiger partial charge in [-0.1, -0.05) is 37.3 Å². The van der Waals surface area contributed by atoms with Crippen molar-refractivity contribution < 1.29 is 9.53 Å². The molecular formula is C18H29ClN2O2. The molecule has 1 aliphatic rings. The zero-order chi connectivity index (χ0) is 15.8. The van der Waals surface area contributed by atoms with E-state index in [0.717, 1.165) is 39.0 Å². The molecule has 0 bridgehead atoms. The van der Waals surface area contributed by atoms with Crippen molar-refractivity contribution in [3.05, 3.63) is 35.9 Å². The van der Waals surface area contributed by atoms with Gasteiger partial charge in [0, 0.05) is 26.1 Å². The fourth-order valence-electron chi connectivity index (χ4n) is 2.90. The lowest BCUT2D eigenvalue weighted by atomic mass is 9.96. The molecule has 2 rings (SSSR count). The maximum atomic E-state index is 12.4. The first-order valence-electron chi connectivity index (χ1n) is 8.35. The molecule has 0 saturated carbocycles. The number of carbonyl (C=O) groups is 1. The molecule has 0 spiro atoms. The third-order valence-corrected chi connectivity index (χ3v) is 4.35. The predicted octanol–water partition coefficient (Wildman–Crippen LogP) is 2.96. The Bertz CT molecular complexity index is 448. The number of halogens is 1. The number of carbonyl (C=O) groups excluding carboxylic acids is 1. The van der Waals surface area contributed by atoms with Gasteiger partial charge < -0.3 is 15.4 Å². The molecule has 1 saturated heterocycles. The van der Waals surface area contributed by atoms with Crippen LogP contribution in [0.15, 0.2) is 30.3 Å². The van der Waals surface area contributed by atoms with Crippen LogP contribution >= 0.6 is 12.4 Å². The Balaban J connectivity index is 0.00000264. The molecule has 5 heteroatoms. The van der Waals surface area contributed by atoms with Crippen LogP contribution in [0.4, 0.5) is 0 Å². The Hall–Kier alpha value is -1.10. The van der Waals surface area contributed by atoms with E-state index in [1.807, 2.05) is 23.1 Å². The van der Waals surface area contributed by atoms with Crippen LogP contribution in [-0.2, 0) is 9.53 Å². The van der Waals surface area contributed by atoms with E-state index in [0.29, 0.717) is 19.1 Å². The lowest BCUT2D eigenvalue weighted by Crippen LogP contribution is -2.41. The van der Waals surface area contributed by atoms with Gasteiger partial charge in [-0.05, 0) is 37.3 Å². The normalized spacial score (nSPS) is 16.7. The average Bonchev–Trinajstić information content (AvgIpc) is 2.56. The van der Waals surface area contributed by atoms with Crippen LogP contribution in [0.2, 0.25) is 0 Å². The SMILES string of the molecule is CC(CC(=O)N1CCC(OCCCN)CC1)c1ccccc1.Cl. The molecule has 1 unspecified atom stereocenters. The molecule has 2 N–H and O–H groups in total. The van der Waals surface area contributed by atoms with Gasteiger partial charge in [-0.15, -0.1) is 12.4 Å². The van der Waals surface area contributed by atoms with Gasteiger partial charge in [0.25, 0.3) is 0 Å². The molecule has 1 aliphatic heterocycles. The van der Waals surface area contributed by atoms with E-state index >= 15 is 0 Å². The van der Waals surface area contributed by atoms with Crippen molar-refractivity contribution in [2.45, 2.75) is 44.6 Å².